The normalized spacial score (nSPS) is 12.0. The Balaban J connectivity index is 1.17. The van der Waals surface area contributed by atoms with Crippen LogP contribution >= 0.6 is 11.3 Å². The van der Waals surface area contributed by atoms with Gasteiger partial charge in [0.1, 0.15) is 10.8 Å². The number of hydrogen-bond acceptors (Lipinski definition) is 7. The number of nitrogens with zero attached hydrogens (tertiary/aromatic N) is 1. The second-order valence-electron chi connectivity index (χ2n) is 9.80. The minimum atomic E-state index is -0.640. The zero-order chi connectivity index (χ0) is 28.5. The lowest BCUT2D eigenvalue weighted by molar-refractivity contribution is -0.119. The van der Waals surface area contributed by atoms with Crippen molar-refractivity contribution >= 4 is 45.2 Å². The highest BCUT2D eigenvalue weighted by molar-refractivity contribution is 7.20. The fourth-order valence-corrected chi connectivity index (χ4v) is 6.32. The van der Waals surface area contributed by atoms with Gasteiger partial charge in [-0.3, -0.25) is 4.79 Å². The van der Waals surface area contributed by atoms with Crippen LogP contribution in [0.5, 0.6) is 0 Å². The average Bonchev–Trinajstić information content (AvgIpc) is 3.57. The molecular weight excluding hydrogens is 538 g/mol. The lowest BCUT2D eigenvalue weighted by Gasteiger charge is -2.16. The van der Waals surface area contributed by atoms with Gasteiger partial charge in [0.25, 0.3) is 5.91 Å². The van der Waals surface area contributed by atoms with E-state index in [4.69, 9.17) is 9.47 Å². The molecule has 0 atom stereocenters. The molecule has 3 aromatic carbocycles. The van der Waals surface area contributed by atoms with E-state index in [1.165, 1.54) is 16.9 Å². The average molecular weight is 566 g/mol. The maximum atomic E-state index is 12.9. The number of hydrogen-bond donors (Lipinski definition) is 2. The molecule has 41 heavy (non-hydrogen) atoms. The third-order valence-electron chi connectivity index (χ3n) is 7.02. The Morgan fingerprint density at radius 1 is 0.976 bits per heavy atom. The Morgan fingerprint density at radius 3 is 2.59 bits per heavy atom. The summed E-state index contributed by atoms with van der Waals surface area (Å²) in [5, 5.41) is 3.18. The van der Waals surface area contributed by atoms with E-state index in [-0.39, 0.29) is 6.61 Å². The van der Waals surface area contributed by atoms with Crippen molar-refractivity contribution in [3.05, 3.63) is 94.5 Å². The summed E-state index contributed by atoms with van der Waals surface area (Å²) >= 11 is 1.34. The monoisotopic (exact) mass is 565 g/mol. The van der Waals surface area contributed by atoms with E-state index in [2.05, 4.69) is 21.4 Å². The Labute approximate surface area is 240 Å². The van der Waals surface area contributed by atoms with Gasteiger partial charge in [-0.1, -0.05) is 54.1 Å². The highest BCUT2D eigenvalue weighted by atomic mass is 32.1. The molecule has 8 nitrogen and oxygen atoms in total. The molecule has 0 bridgehead atoms. The summed E-state index contributed by atoms with van der Waals surface area (Å²) in [5.41, 5.74) is 7.27. The van der Waals surface area contributed by atoms with Crippen LogP contribution in [0.3, 0.4) is 0 Å². The van der Waals surface area contributed by atoms with E-state index in [1.54, 1.807) is 25.1 Å². The SMILES string of the molecule is CCOC(=O)c1c(NC(=O)COC(=O)c2ccc3nc(-c4ccc(C)cc4)[nH]c3c2)sc2c1CCc1ccccc1-2. The van der Waals surface area contributed by atoms with E-state index in [1.807, 2.05) is 49.4 Å². The number of fused-ring (bicyclic) bond motifs is 4. The molecule has 1 aliphatic carbocycles. The van der Waals surface area contributed by atoms with Crippen LogP contribution in [-0.4, -0.2) is 41.0 Å². The van der Waals surface area contributed by atoms with Crippen molar-refractivity contribution in [2.75, 3.05) is 18.5 Å². The molecule has 0 saturated carbocycles. The number of anilines is 1. The van der Waals surface area contributed by atoms with Crippen molar-refractivity contribution in [2.24, 2.45) is 0 Å². The first kappa shape index (κ1) is 26.5. The van der Waals surface area contributed by atoms with Crippen molar-refractivity contribution in [1.29, 1.82) is 0 Å². The fourth-order valence-electron chi connectivity index (χ4n) is 5.01. The van der Waals surface area contributed by atoms with Crippen molar-refractivity contribution in [2.45, 2.75) is 26.7 Å². The number of imidazole rings is 1. The number of aromatic nitrogens is 2. The number of thiophene rings is 1. The van der Waals surface area contributed by atoms with Gasteiger partial charge in [-0.05, 0) is 61.6 Å². The minimum absolute atomic E-state index is 0.220. The van der Waals surface area contributed by atoms with Gasteiger partial charge in [0, 0.05) is 10.4 Å². The molecule has 0 aliphatic heterocycles. The van der Waals surface area contributed by atoms with Gasteiger partial charge in [0.2, 0.25) is 0 Å². The number of benzene rings is 3. The number of amides is 1. The first-order chi connectivity index (χ1) is 19.9. The summed E-state index contributed by atoms with van der Waals surface area (Å²) in [7, 11) is 0. The third kappa shape index (κ3) is 5.24. The molecule has 5 aromatic rings. The number of esters is 2. The maximum absolute atomic E-state index is 12.9. The van der Waals surface area contributed by atoms with Crippen molar-refractivity contribution in [3.8, 4) is 21.8 Å². The van der Waals surface area contributed by atoms with Crippen molar-refractivity contribution in [3.63, 3.8) is 0 Å². The molecule has 2 heterocycles. The van der Waals surface area contributed by atoms with Gasteiger partial charge < -0.3 is 19.8 Å². The Hall–Kier alpha value is -4.76. The number of carbonyl (C=O) groups excluding carboxylic acids is 3. The van der Waals surface area contributed by atoms with Crippen LogP contribution in [0.1, 0.15) is 44.3 Å². The van der Waals surface area contributed by atoms with Crippen LogP contribution in [0, 0.1) is 6.92 Å². The largest absolute Gasteiger partial charge is 0.462 e. The fraction of sp³-hybridized carbons (Fsp3) is 0.188. The number of carbonyl (C=O) groups is 3. The molecule has 206 valence electrons. The second-order valence-corrected chi connectivity index (χ2v) is 10.8. The summed E-state index contributed by atoms with van der Waals surface area (Å²) in [5.74, 6) is -0.961. The van der Waals surface area contributed by atoms with Gasteiger partial charge in [0.15, 0.2) is 6.61 Å². The van der Waals surface area contributed by atoms with Crippen LogP contribution < -0.4 is 5.32 Å². The number of ether oxygens (including phenoxy) is 2. The lowest BCUT2D eigenvalue weighted by Crippen LogP contribution is -2.22. The molecule has 0 unspecified atom stereocenters. The Kier molecular flexibility index (Phi) is 7.11. The predicted octanol–water partition coefficient (Wildman–Crippen LogP) is 6.34. The van der Waals surface area contributed by atoms with E-state index < -0.39 is 24.5 Å². The Bertz CT molecular complexity index is 1800. The zero-order valence-electron chi connectivity index (χ0n) is 22.6. The molecule has 1 amide bonds. The number of aromatic amines is 1. The summed E-state index contributed by atoms with van der Waals surface area (Å²) in [6.07, 6.45) is 1.47. The number of nitrogens with one attached hydrogen (secondary N) is 2. The summed E-state index contributed by atoms with van der Waals surface area (Å²) in [4.78, 5) is 47.4. The van der Waals surface area contributed by atoms with Gasteiger partial charge in [-0.15, -0.1) is 11.3 Å². The molecule has 0 saturated heterocycles. The predicted molar refractivity (Wildman–Crippen MR) is 158 cm³/mol. The smallest absolute Gasteiger partial charge is 0.341 e. The molecule has 2 N–H and O–H groups in total. The molecule has 9 heteroatoms. The molecule has 0 fully saturated rings. The molecule has 0 radical (unpaired) electrons. The topological polar surface area (TPSA) is 110 Å². The van der Waals surface area contributed by atoms with E-state index >= 15 is 0 Å². The van der Waals surface area contributed by atoms with Crippen molar-refractivity contribution < 1.29 is 23.9 Å². The first-order valence-electron chi connectivity index (χ1n) is 13.4. The minimum Gasteiger partial charge on any atom is -0.462 e. The van der Waals surface area contributed by atoms with Gasteiger partial charge in [-0.25, -0.2) is 14.6 Å². The Morgan fingerprint density at radius 2 is 1.78 bits per heavy atom. The summed E-state index contributed by atoms with van der Waals surface area (Å²) in [6, 6.07) is 21.0. The van der Waals surface area contributed by atoms with Crippen molar-refractivity contribution in [1.82, 2.24) is 9.97 Å². The first-order valence-corrected chi connectivity index (χ1v) is 14.2. The van der Waals surface area contributed by atoms with E-state index in [9.17, 15) is 14.4 Å². The molecule has 1 aliphatic rings. The van der Waals surface area contributed by atoms with Crippen LogP contribution in [0.4, 0.5) is 5.00 Å². The quantitative estimate of drug-likeness (QED) is 0.223. The molecule has 0 spiro atoms. The van der Waals surface area contributed by atoms with Crippen LogP contribution in [0.15, 0.2) is 66.7 Å². The van der Waals surface area contributed by atoms with Crippen LogP contribution in [-0.2, 0) is 27.1 Å². The second kappa shape index (κ2) is 11.0. The standard InChI is InChI=1S/C32H27N3O5S/c1-3-39-32(38)27-23-14-12-19-6-4-5-7-22(19)28(23)41-30(27)35-26(36)17-40-31(37)21-13-15-24-25(16-21)34-29(33-24)20-10-8-18(2)9-11-20/h4-11,13,15-16H,3,12,14,17H2,1-2H3,(H,33,34)(H,35,36). The highest BCUT2D eigenvalue weighted by Gasteiger charge is 2.29. The maximum Gasteiger partial charge on any atom is 0.341 e. The summed E-state index contributed by atoms with van der Waals surface area (Å²) < 4.78 is 10.6. The number of rotatable bonds is 7. The molecule has 2 aromatic heterocycles. The van der Waals surface area contributed by atoms with E-state index in [0.29, 0.717) is 39.4 Å². The number of H-pyrrole nitrogens is 1. The van der Waals surface area contributed by atoms with Gasteiger partial charge in [0.05, 0.1) is 28.8 Å². The third-order valence-corrected chi connectivity index (χ3v) is 8.20. The van der Waals surface area contributed by atoms with Gasteiger partial charge in [-0.2, -0.15) is 0 Å². The molecular formula is C32H27N3O5S. The van der Waals surface area contributed by atoms with Crippen LogP contribution in [0.25, 0.3) is 32.9 Å². The zero-order valence-corrected chi connectivity index (χ0v) is 23.4. The molecule has 6 rings (SSSR count). The van der Waals surface area contributed by atoms with E-state index in [0.717, 1.165) is 33.6 Å². The lowest BCUT2D eigenvalue weighted by atomic mass is 9.89. The van der Waals surface area contributed by atoms with Gasteiger partial charge >= 0.3 is 11.9 Å². The van der Waals surface area contributed by atoms with Crippen LogP contribution in [0.2, 0.25) is 0 Å². The highest BCUT2D eigenvalue weighted by Crippen LogP contribution is 2.45. The summed E-state index contributed by atoms with van der Waals surface area (Å²) in [6.45, 7) is 3.48. The number of aryl methyl sites for hydroxylation is 2.